The molecule has 1 aliphatic heterocycles. The van der Waals surface area contributed by atoms with Crippen LogP contribution in [0.1, 0.15) is 17.5 Å². The number of nitrogens with zero attached hydrogens (tertiary/aromatic N) is 2. The average Bonchev–Trinajstić information content (AvgIpc) is 2.95. The number of rotatable bonds is 4. The highest BCUT2D eigenvalue weighted by Crippen LogP contribution is 2.26. The molecule has 5 heteroatoms. The molecule has 0 saturated carbocycles. The normalized spacial score (nSPS) is 17.3. The van der Waals surface area contributed by atoms with Crippen LogP contribution in [0, 0.1) is 12.8 Å². The average molecular weight is 309 g/mol. The van der Waals surface area contributed by atoms with Crippen LogP contribution in [-0.2, 0) is 16.1 Å². The van der Waals surface area contributed by atoms with Crippen LogP contribution in [0.15, 0.2) is 48.8 Å². The van der Waals surface area contributed by atoms with Gasteiger partial charge in [0, 0.05) is 31.2 Å². The van der Waals surface area contributed by atoms with Crippen LogP contribution < -0.4 is 10.2 Å². The van der Waals surface area contributed by atoms with Gasteiger partial charge in [-0.25, -0.2) is 0 Å². The van der Waals surface area contributed by atoms with Crippen LogP contribution in [0.2, 0.25) is 0 Å². The first-order chi connectivity index (χ1) is 11.1. The summed E-state index contributed by atoms with van der Waals surface area (Å²) >= 11 is 0. The van der Waals surface area contributed by atoms with Gasteiger partial charge in [-0.1, -0.05) is 18.2 Å². The van der Waals surface area contributed by atoms with Gasteiger partial charge in [0.15, 0.2) is 0 Å². The molecule has 0 unspecified atom stereocenters. The van der Waals surface area contributed by atoms with Crippen LogP contribution in [0.3, 0.4) is 0 Å². The van der Waals surface area contributed by atoms with Crippen LogP contribution in [0.5, 0.6) is 0 Å². The first-order valence-electron chi connectivity index (χ1n) is 7.70. The number of benzene rings is 1. The summed E-state index contributed by atoms with van der Waals surface area (Å²) in [7, 11) is 0. The number of aryl methyl sites for hydroxylation is 1. The van der Waals surface area contributed by atoms with Crippen molar-refractivity contribution < 1.29 is 9.59 Å². The molecule has 2 aromatic rings. The number of hydrogen-bond acceptors (Lipinski definition) is 3. The lowest BCUT2D eigenvalue weighted by Gasteiger charge is -2.17. The Hall–Kier alpha value is -2.69. The van der Waals surface area contributed by atoms with Gasteiger partial charge < -0.3 is 10.2 Å². The van der Waals surface area contributed by atoms with Gasteiger partial charge in [-0.2, -0.15) is 0 Å². The van der Waals surface area contributed by atoms with E-state index in [0.717, 1.165) is 16.8 Å². The van der Waals surface area contributed by atoms with Gasteiger partial charge in [-0.3, -0.25) is 14.6 Å². The molecule has 2 heterocycles. The van der Waals surface area contributed by atoms with Crippen LogP contribution in [0.4, 0.5) is 5.69 Å². The Kier molecular flexibility index (Phi) is 4.37. The third kappa shape index (κ3) is 3.39. The number of carbonyl (C=O) groups is 2. The lowest BCUT2D eigenvalue weighted by Crippen LogP contribution is -2.36. The number of nitrogens with one attached hydrogen (secondary N) is 1. The summed E-state index contributed by atoms with van der Waals surface area (Å²) in [5.74, 6) is -0.944. The SMILES string of the molecule is Cc1cccc(N2CC[C@H](C(=O)NCc3cccnc3)C2=O)c1. The maximum absolute atomic E-state index is 12.5. The van der Waals surface area contributed by atoms with Crippen LogP contribution in [-0.4, -0.2) is 23.3 Å². The van der Waals surface area contributed by atoms with E-state index in [9.17, 15) is 9.59 Å². The van der Waals surface area contributed by atoms with Gasteiger partial charge in [0.25, 0.3) is 0 Å². The molecule has 1 aliphatic rings. The zero-order valence-corrected chi connectivity index (χ0v) is 13.0. The zero-order chi connectivity index (χ0) is 16.2. The molecular weight excluding hydrogens is 290 g/mol. The minimum atomic E-state index is -0.604. The Labute approximate surface area is 135 Å². The zero-order valence-electron chi connectivity index (χ0n) is 13.0. The fourth-order valence-corrected chi connectivity index (χ4v) is 2.79. The topological polar surface area (TPSA) is 62.3 Å². The summed E-state index contributed by atoms with van der Waals surface area (Å²) in [5, 5.41) is 2.83. The van der Waals surface area contributed by atoms with Gasteiger partial charge in [0.1, 0.15) is 5.92 Å². The second kappa shape index (κ2) is 6.60. The van der Waals surface area contributed by atoms with E-state index in [-0.39, 0.29) is 11.8 Å². The van der Waals surface area contributed by atoms with Crippen molar-refractivity contribution in [2.45, 2.75) is 19.9 Å². The highest BCUT2D eigenvalue weighted by molar-refractivity contribution is 6.09. The fourth-order valence-electron chi connectivity index (χ4n) is 2.79. The molecule has 118 valence electrons. The Morgan fingerprint density at radius 3 is 2.96 bits per heavy atom. The van der Waals surface area contributed by atoms with Crippen molar-refractivity contribution >= 4 is 17.5 Å². The number of hydrogen-bond donors (Lipinski definition) is 1. The van der Waals surface area contributed by atoms with Crippen LogP contribution >= 0.6 is 0 Å². The Morgan fingerprint density at radius 2 is 2.22 bits per heavy atom. The van der Waals surface area contributed by atoms with E-state index < -0.39 is 5.92 Å². The lowest BCUT2D eigenvalue weighted by molar-refractivity contribution is -0.132. The maximum Gasteiger partial charge on any atom is 0.239 e. The number of anilines is 1. The van der Waals surface area contributed by atoms with Crippen molar-refractivity contribution in [2.75, 3.05) is 11.4 Å². The van der Waals surface area contributed by atoms with E-state index in [1.54, 1.807) is 17.3 Å². The summed E-state index contributed by atoms with van der Waals surface area (Å²) in [4.78, 5) is 30.5. The van der Waals surface area contributed by atoms with Gasteiger partial charge in [-0.05, 0) is 42.7 Å². The van der Waals surface area contributed by atoms with Gasteiger partial charge in [-0.15, -0.1) is 0 Å². The van der Waals surface area contributed by atoms with Crippen molar-refractivity contribution in [1.82, 2.24) is 10.3 Å². The van der Waals surface area contributed by atoms with E-state index in [2.05, 4.69) is 10.3 Å². The number of pyridine rings is 1. The molecule has 0 spiro atoms. The van der Waals surface area contributed by atoms with Crippen molar-refractivity contribution in [2.24, 2.45) is 5.92 Å². The second-order valence-electron chi connectivity index (χ2n) is 5.75. The molecule has 5 nitrogen and oxygen atoms in total. The number of aromatic nitrogens is 1. The van der Waals surface area contributed by atoms with Gasteiger partial charge >= 0.3 is 0 Å². The first kappa shape index (κ1) is 15.2. The molecular formula is C18H19N3O2. The van der Waals surface area contributed by atoms with E-state index in [0.29, 0.717) is 19.5 Å². The predicted octanol–water partition coefficient (Wildman–Crippen LogP) is 2.06. The fraction of sp³-hybridized carbons (Fsp3) is 0.278. The molecule has 0 aliphatic carbocycles. The van der Waals surface area contributed by atoms with Crippen molar-refractivity contribution in [3.8, 4) is 0 Å². The highest BCUT2D eigenvalue weighted by Gasteiger charge is 2.37. The second-order valence-corrected chi connectivity index (χ2v) is 5.75. The highest BCUT2D eigenvalue weighted by atomic mass is 16.2. The molecule has 1 N–H and O–H groups in total. The van der Waals surface area contributed by atoms with Gasteiger partial charge in [0.05, 0.1) is 0 Å². The summed E-state index contributed by atoms with van der Waals surface area (Å²) in [6.45, 7) is 2.95. The van der Waals surface area contributed by atoms with Crippen LogP contribution in [0.25, 0.3) is 0 Å². The quantitative estimate of drug-likeness (QED) is 0.879. The molecule has 23 heavy (non-hydrogen) atoms. The minimum absolute atomic E-state index is 0.126. The molecule has 0 bridgehead atoms. The van der Waals surface area contributed by atoms with E-state index in [1.807, 2.05) is 43.3 Å². The molecule has 0 radical (unpaired) electrons. The molecule has 1 atom stereocenters. The van der Waals surface area contributed by atoms with E-state index in [4.69, 9.17) is 0 Å². The van der Waals surface area contributed by atoms with Crippen molar-refractivity contribution in [3.05, 3.63) is 59.9 Å². The smallest absolute Gasteiger partial charge is 0.239 e. The summed E-state index contributed by atoms with van der Waals surface area (Å²) in [6, 6.07) is 11.5. The van der Waals surface area contributed by atoms with Crippen molar-refractivity contribution in [3.63, 3.8) is 0 Å². The molecule has 2 amide bonds. The molecule has 1 saturated heterocycles. The van der Waals surface area contributed by atoms with Gasteiger partial charge in [0.2, 0.25) is 11.8 Å². The Bertz CT molecular complexity index is 715. The van der Waals surface area contributed by atoms with Crippen molar-refractivity contribution in [1.29, 1.82) is 0 Å². The maximum atomic E-state index is 12.5. The predicted molar refractivity (Wildman–Crippen MR) is 87.7 cm³/mol. The third-order valence-electron chi connectivity index (χ3n) is 4.02. The molecule has 1 aromatic heterocycles. The third-order valence-corrected chi connectivity index (χ3v) is 4.02. The Morgan fingerprint density at radius 1 is 1.35 bits per heavy atom. The number of carbonyl (C=O) groups excluding carboxylic acids is 2. The monoisotopic (exact) mass is 309 g/mol. The minimum Gasteiger partial charge on any atom is -0.351 e. The largest absolute Gasteiger partial charge is 0.351 e. The molecule has 1 aromatic carbocycles. The molecule has 1 fully saturated rings. The Balaban J connectivity index is 1.63. The van der Waals surface area contributed by atoms with E-state index in [1.165, 1.54) is 0 Å². The van der Waals surface area contributed by atoms with E-state index >= 15 is 0 Å². The summed E-state index contributed by atoms with van der Waals surface area (Å²) in [6.07, 6.45) is 3.94. The first-order valence-corrected chi connectivity index (χ1v) is 7.70. The summed E-state index contributed by atoms with van der Waals surface area (Å²) in [5.41, 5.74) is 2.87. The lowest BCUT2D eigenvalue weighted by atomic mass is 10.1. The number of amides is 2. The standard InChI is InChI=1S/C18H19N3O2/c1-13-4-2-6-15(10-13)21-9-7-16(18(21)23)17(22)20-12-14-5-3-8-19-11-14/h2-6,8,10-11,16H,7,9,12H2,1H3,(H,20,22)/t16-/m1/s1. The molecule has 3 rings (SSSR count). The summed E-state index contributed by atoms with van der Waals surface area (Å²) < 4.78 is 0.